The molecule has 2 aliphatic heterocycles. The first kappa shape index (κ1) is 20.7. The Balaban J connectivity index is 1.34. The van der Waals surface area contributed by atoms with Crippen LogP contribution in [-0.2, 0) is 9.59 Å². The van der Waals surface area contributed by atoms with Crippen LogP contribution in [0.5, 0.6) is 5.75 Å². The fourth-order valence-corrected chi connectivity index (χ4v) is 3.97. The minimum Gasteiger partial charge on any atom is -0.482 e. The lowest BCUT2D eigenvalue weighted by Gasteiger charge is -2.18. The zero-order chi connectivity index (χ0) is 22.0. The van der Waals surface area contributed by atoms with Gasteiger partial charge in [-0.2, -0.15) is 0 Å². The number of nitrogens with zero attached hydrogens (tertiary/aromatic N) is 1. The number of carbonyl (C=O) groups is 4. The van der Waals surface area contributed by atoms with Gasteiger partial charge in [0.25, 0.3) is 23.0 Å². The SMILES string of the molecule is Cc1ccc(/C=C2\SC(=O)N(CCNC(=O)c3ccc4c(c3)OCC(=O)N4)C2=O)cc1. The molecule has 0 atom stereocenters. The van der Waals surface area contributed by atoms with Gasteiger partial charge in [0, 0.05) is 18.7 Å². The molecule has 0 bridgehead atoms. The lowest BCUT2D eigenvalue weighted by atomic mass is 10.1. The number of amides is 4. The van der Waals surface area contributed by atoms with Crippen LogP contribution in [-0.4, -0.2) is 47.6 Å². The first-order valence-corrected chi connectivity index (χ1v) is 10.4. The summed E-state index contributed by atoms with van der Waals surface area (Å²) in [6.45, 7) is 2.05. The number of nitrogens with one attached hydrogen (secondary N) is 2. The van der Waals surface area contributed by atoms with E-state index >= 15 is 0 Å². The van der Waals surface area contributed by atoms with E-state index in [0.717, 1.165) is 27.8 Å². The predicted molar refractivity (Wildman–Crippen MR) is 117 cm³/mol. The van der Waals surface area contributed by atoms with E-state index in [-0.39, 0.29) is 42.7 Å². The van der Waals surface area contributed by atoms with Gasteiger partial charge in [-0.15, -0.1) is 0 Å². The van der Waals surface area contributed by atoms with Gasteiger partial charge in [-0.3, -0.25) is 24.1 Å². The van der Waals surface area contributed by atoms with Crippen molar-refractivity contribution in [1.29, 1.82) is 0 Å². The summed E-state index contributed by atoms with van der Waals surface area (Å²) < 4.78 is 5.31. The maximum Gasteiger partial charge on any atom is 0.293 e. The quantitative estimate of drug-likeness (QED) is 0.697. The molecule has 9 heteroatoms. The molecule has 4 rings (SSSR count). The molecule has 158 valence electrons. The normalized spacial score (nSPS) is 16.7. The Hall–Kier alpha value is -3.59. The van der Waals surface area contributed by atoms with Crippen molar-refractivity contribution in [2.24, 2.45) is 0 Å². The van der Waals surface area contributed by atoms with Gasteiger partial charge in [0.1, 0.15) is 5.75 Å². The van der Waals surface area contributed by atoms with Crippen molar-refractivity contribution in [2.75, 3.05) is 25.0 Å². The number of rotatable bonds is 5. The number of anilines is 1. The summed E-state index contributed by atoms with van der Waals surface area (Å²) in [4.78, 5) is 50.0. The molecule has 0 radical (unpaired) electrons. The Kier molecular flexibility index (Phi) is 5.77. The Morgan fingerprint density at radius 2 is 1.97 bits per heavy atom. The van der Waals surface area contributed by atoms with E-state index in [1.165, 1.54) is 6.07 Å². The number of aryl methyl sites for hydroxylation is 1. The van der Waals surface area contributed by atoms with Crippen molar-refractivity contribution < 1.29 is 23.9 Å². The van der Waals surface area contributed by atoms with Gasteiger partial charge in [-0.1, -0.05) is 29.8 Å². The second-order valence-electron chi connectivity index (χ2n) is 7.05. The van der Waals surface area contributed by atoms with Crippen molar-refractivity contribution in [3.8, 4) is 5.75 Å². The molecule has 0 saturated carbocycles. The van der Waals surface area contributed by atoms with Crippen molar-refractivity contribution in [2.45, 2.75) is 6.92 Å². The molecule has 1 saturated heterocycles. The summed E-state index contributed by atoms with van der Waals surface area (Å²) in [5.41, 5.74) is 2.81. The summed E-state index contributed by atoms with van der Waals surface area (Å²) in [7, 11) is 0. The van der Waals surface area contributed by atoms with E-state index in [1.54, 1.807) is 18.2 Å². The summed E-state index contributed by atoms with van der Waals surface area (Å²) in [6.07, 6.45) is 1.69. The average molecular weight is 437 g/mol. The van der Waals surface area contributed by atoms with Crippen molar-refractivity contribution in [3.63, 3.8) is 0 Å². The van der Waals surface area contributed by atoms with Crippen LogP contribution in [0.2, 0.25) is 0 Å². The molecule has 2 heterocycles. The summed E-state index contributed by atoms with van der Waals surface area (Å²) in [5.74, 6) is -0.578. The fraction of sp³-hybridized carbons (Fsp3) is 0.182. The predicted octanol–water partition coefficient (Wildman–Crippen LogP) is 2.79. The third-order valence-corrected chi connectivity index (χ3v) is 5.65. The van der Waals surface area contributed by atoms with Gasteiger partial charge in [0.05, 0.1) is 10.6 Å². The lowest BCUT2D eigenvalue weighted by molar-refractivity contribution is -0.122. The molecule has 0 aliphatic carbocycles. The minimum atomic E-state index is -0.372. The van der Waals surface area contributed by atoms with Crippen LogP contribution >= 0.6 is 11.8 Å². The molecule has 0 aromatic heterocycles. The van der Waals surface area contributed by atoms with Gasteiger partial charge in [0.2, 0.25) is 0 Å². The summed E-state index contributed by atoms with van der Waals surface area (Å²) >= 11 is 0.887. The van der Waals surface area contributed by atoms with Crippen molar-refractivity contribution >= 4 is 46.5 Å². The lowest BCUT2D eigenvalue weighted by Crippen LogP contribution is -2.37. The van der Waals surface area contributed by atoms with Crippen LogP contribution < -0.4 is 15.4 Å². The first-order valence-electron chi connectivity index (χ1n) is 9.57. The number of fused-ring (bicyclic) bond motifs is 1. The van der Waals surface area contributed by atoms with Crippen LogP contribution in [0.25, 0.3) is 6.08 Å². The van der Waals surface area contributed by atoms with Gasteiger partial charge < -0.3 is 15.4 Å². The van der Waals surface area contributed by atoms with Crippen LogP contribution in [0, 0.1) is 6.92 Å². The Labute approximate surface area is 182 Å². The highest BCUT2D eigenvalue weighted by Gasteiger charge is 2.34. The molecule has 0 unspecified atom stereocenters. The molecule has 2 aliphatic rings. The maximum absolute atomic E-state index is 12.6. The second-order valence-corrected chi connectivity index (χ2v) is 8.04. The van der Waals surface area contributed by atoms with Crippen molar-refractivity contribution in [3.05, 3.63) is 64.1 Å². The number of thioether (sulfide) groups is 1. The number of imide groups is 1. The van der Waals surface area contributed by atoms with E-state index in [1.807, 2.05) is 31.2 Å². The maximum atomic E-state index is 12.6. The van der Waals surface area contributed by atoms with Crippen molar-refractivity contribution in [1.82, 2.24) is 10.2 Å². The van der Waals surface area contributed by atoms with Gasteiger partial charge in [-0.05, 0) is 48.5 Å². The van der Waals surface area contributed by atoms with Crippen LogP contribution in [0.4, 0.5) is 10.5 Å². The van der Waals surface area contributed by atoms with Gasteiger partial charge in [0.15, 0.2) is 6.61 Å². The third-order valence-electron chi connectivity index (χ3n) is 4.75. The first-order chi connectivity index (χ1) is 14.9. The standard InChI is InChI=1S/C22H19N3O5S/c1-13-2-4-14(5-3-13)10-18-21(28)25(22(29)31-18)9-8-23-20(27)15-6-7-16-17(11-15)30-12-19(26)24-16/h2-7,10-11H,8-9,12H2,1H3,(H,23,27)(H,24,26)/b18-10-. The Morgan fingerprint density at radius 3 is 2.74 bits per heavy atom. The highest BCUT2D eigenvalue weighted by molar-refractivity contribution is 8.18. The third kappa shape index (κ3) is 4.61. The molecule has 1 fully saturated rings. The largest absolute Gasteiger partial charge is 0.482 e. The summed E-state index contributed by atoms with van der Waals surface area (Å²) in [5, 5.41) is 4.99. The molecule has 0 spiro atoms. The zero-order valence-corrected chi connectivity index (χ0v) is 17.5. The smallest absolute Gasteiger partial charge is 0.293 e. The van der Waals surface area contributed by atoms with Crippen LogP contribution in [0.1, 0.15) is 21.5 Å². The van der Waals surface area contributed by atoms with Gasteiger partial charge >= 0.3 is 0 Å². The number of hydrogen-bond donors (Lipinski definition) is 2. The molecule has 2 aromatic carbocycles. The number of benzene rings is 2. The van der Waals surface area contributed by atoms with E-state index in [4.69, 9.17) is 4.74 Å². The topological polar surface area (TPSA) is 105 Å². The summed E-state index contributed by atoms with van der Waals surface area (Å²) in [6, 6.07) is 12.3. The molecular formula is C22H19N3O5S. The molecular weight excluding hydrogens is 418 g/mol. The molecule has 8 nitrogen and oxygen atoms in total. The minimum absolute atomic E-state index is 0.0686. The van der Waals surface area contributed by atoms with Crippen LogP contribution in [0.3, 0.4) is 0 Å². The van der Waals surface area contributed by atoms with Crippen LogP contribution in [0.15, 0.2) is 47.4 Å². The second kappa shape index (κ2) is 8.65. The van der Waals surface area contributed by atoms with E-state index in [0.29, 0.717) is 21.9 Å². The van der Waals surface area contributed by atoms with E-state index in [2.05, 4.69) is 10.6 Å². The monoisotopic (exact) mass is 437 g/mol. The fourth-order valence-electron chi connectivity index (χ4n) is 3.11. The molecule has 2 N–H and O–H groups in total. The molecule has 31 heavy (non-hydrogen) atoms. The Bertz CT molecular complexity index is 1110. The highest BCUT2D eigenvalue weighted by atomic mass is 32.2. The number of ether oxygens (including phenoxy) is 1. The van der Waals surface area contributed by atoms with E-state index in [9.17, 15) is 19.2 Å². The number of hydrogen-bond acceptors (Lipinski definition) is 6. The zero-order valence-electron chi connectivity index (χ0n) is 16.6. The molecule has 2 aromatic rings. The molecule has 4 amide bonds. The van der Waals surface area contributed by atoms with Gasteiger partial charge in [-0.25, -0.2) is 0 Å². The Morgan fingerprint density at radius 1 is 1.19 bits per heavy atom. The highest BCUT2D eigenvalue weighted by Crippen LogP contribution is 2.32. The number of carbonyl (C=O) groups excluding carboxylic acids is 4. The average Bonchev–Trinajstić information content (AvgIpc) is 3.02. The van der Waals surface area contributed by atoms with E-state index < -0.39 is 0 Å².